The second-order valence-corrected chi connectivity index (χ2v) is 35.7. The molecule has 0 bridgehead atoms. The number of nitrogens with one attached hydrogen (secondary N) is 5. The van der Waals surface area contributed by atoms with E-state index < -0.39 is 0 Å². The summed E-state index contributed by atoms with van der Waals surface area (Å²) >= 11 is 1.74. The molecule has 5 N–H and O–H groups in total. The Morgan fingerprint density at radius 2 is 1.10 bits per heavy atom. The smallest absolute Gasteiger partial charge is 0.247 e. The zero-order valence-electron chi connectivity index (χ0n) is 84.3. The lowest BCUT2D eigenvalue weighted by atomic mass is 10.1. The molecule has 0 spiro atoms. The van der Waals surface area contributed by atoms with Crippen LogP contribution < -0.4 is 20.3 Å². The number of allylic oxidation sites excluding steroid dienone is 1. The molecule has 1 amide bonds. The Hall–Kier alpha value is -17.0. The third kappa shape index (κ3) is 34.5. The van der Waals surface area contributed by atoms with Crippen molar-refractivity contribution in [3.8, 4) is 11.5 Å². The van der Waals surface area contributed by atoms with Crippen LogP contribution in [0, 0.1) is 116 Å². The van der Waals surface area contributed by atoms with Crippen molar-refractivity contribution in [1.29, 1.82) is 0 Å². The highest BCUT2D eigenvalue weighted by molar-refractivity contribution is 7.18. The number of aromatic nitrogens is 15. The second kappa shape index (κ2) is 55.1. The molecule has 144 heavy (non-hydrogen) atoms. The van der Waals surface area contributed by atoms with Gasteiger partial charge in [-0.15, -0.1) is 21.5 Å². The highest BCUT2D eigenvalue weighted by Crippen LogP contribution is 2.45. The van der Waals surface area contributed by atoms with Crippen molar-refractivity contribution in [2.24, 2.45) is 16.8 Å². The molecule has 12 aromatic heterocycles. The van der Waals surface area contributed by atoms with Crippen LogP contribution in [0.4, 0.5) is 0 Å². The monoisotopic (exact) mass is 1940 g/mol. The number of ether oxygens (including phenoxy) is 2. The molecule has 4 aliphatic heterocycles. The molecular formula is C118H123N17O8S. The molecule has 25 nitrogen and oxygen atoms in total. The number of hydrogen-bond donors (Lipinski definition) is 5. The van der Waals surface area contributed by atoms with E-state index in [4.69, 9.17) is 22.9 Å². The van der Waals surface area contributed by atoms with Crippen LogP contribution in [-0.2, 0) is 24.2 Å². The third-order valence-corrected chi connectivity index (χ3v) is 23.4. The topological polar surface area (TPSA) is 334 Å². The van der Waals surface area contributed by atoms with E-state index in [0.717, 1.165) is 139 Å². The molecule has 27 rings (SSSR count). The highest BCUT2D eigenvalue weighted by atomic mass is 32.1. The van der Waals surface area contributed by atoms with Gasteiger partial charge in [0.2, 0.25) is 23.8 Å². The summed E-state index contributed by atoms with van der Waals surface area (Å²) in [5.74, 6) is 5.60. The minimum Gasteiger partial charge on any atom is -0.493 e. The van der Waals surface area contributed by atoms with Gasteiger partial charge in [0.05, 0.1) is 70.1 Å². The molecule has 22 aromatic rings. The lowest BCUT2D eigenvalue weighted by molar-refractivity contribution is -0.121. The van der Waals surface area contributed by atoms with Gasteiger partial charge in [-0.25, -0.2) is 15.0 Å². The van der Waals surface area contributed by atoms with Gasteiger partial charge in [0.1, 0.15) is 22.8 Å². The Bertz CT molecular complexity index is 7190. The van der Waals surface area contributed by atoms with E-state index in [9.17, 15) is 9.59 Å². The number of pyridine rings is 4. The Morgan fingerprint density at radius 1 is 0.438 bits per heavy atom. The average molecular weight is 1940 g/mol. The van der Waals surface area contributed by atoms with E-state index in [-0.39, 0.29) is 11.5 Å². The Kier molecular flexibility index (Phi) is 40.5. The third-order valence-electron chi connectivity index (χ3n) is 22.4. The maximum Gasteiger partial charge on any atom is 0.247 e. The average Bonchev–Trinajstić information content (AvgIpc) is 1.63. The number of fused-ring (bicyclic) bond motifs is 11. The molecule has 1 aliphatic carbocycles. The molecule has 2 unspecified atom stereocenters. The fourth-order valence-corrected chi connectivity index (χ4v) is 15.5. The van der Waals surface area contributed by atoms with Crippen LogP contribution in [0.15, 0.2) is 369 Å². The van der Waals surface area contributed by atoms with Crippen molar-refractivity contribution in [3.63, 3.8) is 0 Å². The second-order valence-electron chi connectivity index (χ2n) is 34.5. The molecule has 16 heterocycles. The lowest BCUT2D eigenvalue weighted by Gasteiger charge is -2.06. The molecule has 0 radical (unpaired) electrons. The molecule has 734 valence electrons. The zero-order valence-corrected chi connectivity index (χ0v) is 85.1. The van der Waals surface area contributed by atoms with Crippen molar-refractivity contribution in [1.82, 2.24) is 80.9 Å². The number of para-hydroxylation sites is 8. The van der Waals surface area contributed by atoms with E-state index in [1.165, 1.54) is 106 Å². The van der Waals surface area contributed by atoms with Gasteiger partial charge in [0, 0.05) is 122 Å². The molecule has 1 fully saturated rings. The molecule has 10 aromatic carbocycles. The van der Waals surface area contributed by atoms with E-state index in [1.807, 2.05) is 251 Å². The maximum absolute atomic E-state index is 10.8. The number of nitrogens with zero attached hydrogens (tertiary/aromatic N) is 12. The number of thiazole rings is 1. The van der Waals surface area contributed by atoms with Gasteiger partial charge in [-0.2, -0.15) is 5.10 Å². The molecule has 5 aliphatic rings. The van der Waals surface area contributed by atoms with Crippen LogP contribution >= 0.6 is 11.3 Å². The van der Waals surface area contributed by atoms with E-state index >= 15 is 0 Å². The normalized spacial score (nSPS) is 12.6. The number of carbonyl (C=O) groups excluding carboxylic acids is 1. The van der Waals surface area contributed by atoms with Crippen molar-refractivity contribution >= 4 is 99.6 Å². The molecule has 1 saturated carbocycles. The summed E-state index contributed by atoms with van der Waals surface area (Å²) in [7, 11) is 0. The van der Waals surface area contributed by atoms with Crippen LogP contribution in [-0.4, -0.2) is 101 Å². The number of oxazole rings is 1. The SMILES string of the molecule is CC1=CNC(=O)C2CC12.Cc1ccc(=O)[nH]c1.Cc1ccc2c(c1)C=NC2.Cc1ccc2c(c1)CCO2.Cc1ccc2c(c1)OCC2.Cc1ccc2oncc2c1.Cc1cccc2cc[nH]c12.Cc1cccc2cn[nH]c12.Cc1cccc2cnoc12.Cc1ccccn1.Cc1cccnc1.Cc1ccncc1.Cc1nc2ccccc2[nH]1.Cc1nc2ccccc2o1.Cc1nc2ccccc2s1.Cc1nnco1. The van der Waals surface area contributed by atoms with Crippen molar-refractivity contribution < 1.29 is 32.1 Å². The van der Waals surface area contributed by atoms with E-state index in [2.05, 4.69) is 223 Å². The first-order chi connectivity index (χ1) is 69.8. The minimum atomic E-state index is -0.0457. The Labute approximate surface area is 843 Å². The summed E-state index contributed by atoms with van der Waals surface area (Å²) in [6.07, 6.45) is 26.2. The van der Waals surface area contributed by atoms with Crippen LogP contribution in [0.3, 0.4) is 0 Å². The molecule has 0 saturated heterocycles. The summed E-state index contributed by atoms with van der Waals surface area (Å²) < 4.78 is 31.8. The van der Waals surface area contributed by atoms with Crippen molar-refractivity contribution in [2.45, 2.75) is 137 Å². The predicted molar refractivity (Wildman–Crippen MR) is 580 cm³/mol. The van der Waals surface area contributed by atoms with Gasteiger partial charge in [-0.1, -0.05) is 184 Å². The van der Waals surface area contributed by atoms with Crippen molar-refractivity contribution in [3.05, 3.63) is 458 Å². The van der Waals surface area contributed by atoms with Gasteiger partial charge in [0.15, 0.2) is 22.6 Å². The lowest BCUT2D eigenvalue weighted by Crippen LogP contribution is -2.23. The summed E-state index contributed by atoms with van der Waals surface area (Å²) in [6.45, 7) is 34.7. The Morgan fingerprint density at radius 3 is 1.75 bits per heavy atom. The minimum absolute atomic E-state index is 0.0457. The van der Waals surface area contributed by atoms with Gasteiger partial charge in [0.25, 0.3) is 0 Å². The number of benzene rings is 10. The summed E-state index contributed by atoms with van der Waals surface area (Å²) in [5, 5.41) is 29.6. The van der Waals surface area contributed by atoms with Crippen molar-refractivity contribution in [2.75, 3.05) is 13.2 Å². The highest BCUT2D eigenvalue weighted by Gasteiger charge is 2.45. The fourth-order valence-electron chi connectivity index (χ4n) is 14.7. The van der Waals surface area contributed by atoms with Crippen LogP contribution in [0.5, 0.6) is 11.5 Å². The summed E-state index contributed by atoms with van der Waals surface area (Å²) in [5.41, 5.74) is 29.3. The molecule has 2 atom stereocenters. The molecule has 26 heteroatoms. The zero-order chi connectivity index (χ0) is 102. The Balaban J connectivity index is 0.000000137. The number of aliphatic imine (C=N–C) groups is 1. The standard InChI is InChI=1S/2C9H9N.2C9H10O.2C8H8N2.3C8H7NO.C8H7NS.C7H9NO.C6H7NO.3C6H7N.C3H4N2O/c1-7-2-3-8-5-10-6-9(8)4-7;1-7-3-2-4-8-5-6-10-9(7)8;1-7-2-3-9-8(6-7)4-5-10-9;1-7-2-3-8-4-5-10-9(8)6-7;1-6-3-2-4-7-5-9-10-8(6)7;1-6-9-7-4-2-3-5-8(7)10-6;1-6-2-3-8-7(4-6)5-9-10-8;1-6-3-2-4-7-5-9-10-8(6)7;2*1-6-9-7-4-2-3-5-8(7)10-6;1-4-3-8-7(9)6-2-5(4)6;1-5-2-3-6(8)7-4-5;1-6-2-4-7-5-3-6;1-6-3-2-4-7-5-6;1-6-4-2-3-5-7-6;1-3-5-4-2-6-3/h2-4,6H,5H2,1H3;2-6,10H,1H3;2*2-3,6H,4-5H2,1H3;2*2-5H,1H3,(H,9,10);4*2-5H,1H3;3,5-6H,2H2,1H3,(H,8,9);2-4H,1H3,(H,7,8);3*2-5H,1H3;2H,1H3. The van der Waals surface area contributed by atoms with Gasteiger partial charge < -0.3 is 47.6 Å². The van der Waals surface area contributed by atoms with Crippen LogP contribution in [0.2, 0.25) is 0 Å². The largest absolute Gasteiger partial charge is 0.493 e. The number of aryl methyl sites for hydroxylation is 15. The number of amides is 1. The van der Waals surface area contributed by atoms with E-state index in [1.54, 1.807) is 67.7 Å². The van der Waals surface area contributed by atoms with Gasteiger partial charge >= 0.3 is 0 Å². The van der Waals surface area contributed by atoms with Gasteiger partial charge in [-0.05, 0) is 279 Å². The number of carbonyl (C=O) groups is 1. The van der Waals surface area contributed by atoms with E-state index in [0.29, 0.717) is 17.7 Å². The maximum atomic E-state index is 10.8. The van der Waals surface area contributed by atoms with Gasteiger partial charge in [-0.3, -0.25) is 34.6 Å². The molecular weight excluding hydrogens is 1820 g/mol. The fraction of sp³-hybridized carbons (Fsp3) is 0.203. The first kappa shape index (κ1) is 106. The predicted octanol–water partition coefficient (Wildman–Crippen LogP) is 26.9. The number of imidazole rings is 1. The summed E-state index contributed by atoms with van der Waals surface area (Å²) in [6, 6.07) is 86.7. The number of rotatable bonds is 0. The number of hydrogen-bond acceptors (Lipinski definition) is 21. The summed E-state index contributed by atoms with van der Waals surface area (Å²) in [4.78, 5) is 58.7. The number of H-pyrrole nitrogens is 4. The first-order valence-electron chi connectivity index (χ1n) is 47.4. The van der Waals surface area contributed by atoms with Crippen LogP contribution in [0.1, 0.15) is 120 Å². The quantitative estimate of drug-likeness (QED) is 0.0941. The van der Waals surface area contributed by atoms with Crippen LogP contribution in [0.25, 0.3) is 76.1 Å². The number of aromatic amines is 4. The first-order valence-corrected chi connectivity index (χ1v) is 48.2.